The van der Waals surface area contributed by atoms with Crippen molar-refractivity contribution in [1.29, 1.82) is 0 Å². The van der Waals surface area contributed by atoms with Crippen molar-refractivity contribution >= 4 is 0 Å². The number of piperidine rings is 1. The van der Waals surface area contributed by atoms with Gasteiger partial charge >= 0.3 is 0 Å². The number of likely N-dealkylation sites (tertiary alicyclic amines) is 2. The molecule has 0 N–H and O–H groups in total. The molecule has 1 aromatic carbocycles. The summed E-state index contributed by atoms with van der Waals surface area (Å²) in [6.45, 7) is 8.07. The van der Waals surface area contributed by atoms with Gasteiger partial charge in [-0.3, -0.25) is 9.80 Å². The molecule has 3 heteroatoms. The molecule has 0 radical (unpaired) electrons. The van der Waals surface area contributed by atoms with Gasteiger partial charge in [-0.1, -0.05) is 30.7 Å². The van der Waals surface area contributed by atoms with E-state index in [1.807, 2.05) is 13.0 Å². The van der Waals surface area contributed by atoms with E-state index in [1.165, 1.54) is 56.6 Å². The van der Waals surface area contributed by atoms with Crippen LogP contribution in [-0.2, 0) is 6.54 Å². The molecule has 0 spiro atoms. The van der Waals surface area contributed by atoms with Gasteiger partial charge in [-0.2, -0.15) is 0 Å². The Balaban J connectivity index is 1.40. The maximum Gasteiger partial charge on any atom is 0.134 e. The van der Waals surface area contributed by atoms with E-state index in [0.717, 1.165) is 24.1 Å². The van der Waals surface area contributed by atoms with E-state index in [-0.39, 0.29) is 0 Å². The monoisotopic (exact) mass is 310 g/mol. The smallest absolute Gasteiger partial charge is 0.134 e. The Bertz CT molecular complexity index is 651. The topological polar surface area (TPSA) is 19.6 Å². The SMILES string of the molecule is Cc1ccc(-c2ccccc2CN2CC(N3CCCCC3)C2)o1. The first-order valence-corrected chi connectivity index (χ1v) is 8.91. The summed E-state index contributed by atoms with van der Waals surface area (Å²) < 4.78 is 5.83. The van der Waals surface area contributed by atoms with Gasteiger partial charge in [0.1, 0.15) is 11.5 Å². The molecule has 0 amide bonds. The molecule has 2 saturated heterocycles. The first-order chi connectivity index (χ1) is 11.3. The number of hydrogen-bond donors (Lipinski definition) is 0. The van der Waals surface area contributed by atoms with E-state index in [9.17, 15) is 0 Å². The molecule has 0 unspecified atom stereocenters. The van der Waals surface area contributed by atoms with Gasteiger partial charge < -0.3 is 4.42 Å². The molecule has 2 aliphatic heterocycles. The van der Waals surface area contributed by atoms with Crippen LogP contribution in [0.1, 0.15) is 30.6 Å². The summed E-state index contributed by atoms with van der Waals surface area (Å²) in [5, 5.41) is 0. The highest BCUT2D eigenvalue weighted by atomic mass is 16.3. The van der Waals surface area contributed by atoms with E-state index in [2.05, 4.69) is 40.1 Å². The Labute approximate surface area is 138 Å². The molecule has 3 nitrogen and oxygen atoms in total. The van der Waals surface area contributed by atoms with Crippen LogP contribution < -0.4 is 0 Å². The average molecular weight is 310 g/mol. The summed E-state index contributed by atoms with van der Waals surface area (Å²) in [4.78, 5) is 5.26. The van der Waals surface area contributed by atoms with E-state index < -0.39 is 0 Å². The fourth-order valence-electron chi connectivity index (χ4n) is 3.90. The van der Waals surface area contributed by atoms with Crippen LogP contribution in [0.25, 0.3) is 11.3 Å². The predicted octanol–water partition coefficient (Wildman–Crippen LogP) is 3.93. The summed E-state index contributed by atoms with van der Waals surface area (Å²) in [6, 6.07) is 13.6. The molecule has 4 rings (SSSR count). The highest BCUT2D eigenvalue weighted by molar-refractivity contribution is 5.62. The zero-order valence-corrected chi connectivity index (χ0v) is 14.0. The molecule has 0 atom stereocenters. The lowest BCUT2D eigenvalue weighted by Crippen LogP contribution is -2.59. The molecular formula is C20H26N2O. The van der Waals surface area contributed by atoms with Crippen molar-refractivity contribution in [3.63, 3.8) is 0 Å². The number of furan rings is 1. The van der Waals surface area contributed by atoms with Crippen LogP contribution in [0.2, 0.25) is 0 Å². The van der Waals surface area contributed by atoms with Gasteiger partial charge in [-0.05, 0) is 50.6 Å². The van der Waals surface area contributed by atoms with Crippen molar-refractivity contribution in [2.24, 2.45) is 0 Å². The van der Waals surface area contributed by atoms with Crippen molar-refractivity contribution in [3.05, 3.63) is 47.7 Å². The lowest BCUT2D eigenvalue weighted by molar-refractivity contribution is 0.0186. The second kappa shape index (κ2) is 6.50. The van der Waals surface area contributed by atoms with E-state index in [0.29, 0.717) is 0 Å². The van der Waals surface area contributed by atoms with Crippen molar-refractivity contribution in [1.82, 2.24) is 9.80 Å². The lowest BCUT2D eigenvalue weighted by Gasteiger charge is -2.47. The van der Waals surface area contributed by atoms with Crippen molar-refractivity contribution in [2.75, 3.05) is 26.2 Å². The Morgan fingerprint density at radius 1 is 1.00 bits per heavy atom. The van der Waals surface area contributed by atoms with Crippen LogP contribution in [-0.4, -0.2) is 42.0 Å². The summed E-state index contributed by atoms with van der Waals surface area (Å²) >= 11 is 0. The van der Waals surface area contributed by atoms with Gasteiger partial charge in [0, 0.05) is 31.2 Å². The Hall–Kier alpha value is -1.58. The van der Waals surface area contributed by atoms with Gasteiger partial charge in [0.15, 0.2) is 0 Å². The van der Waals surface area contributed by atoms with E-state index in [1.54, 1.807) is 0 Å². The summed E-state index contributed by atoms with van der Waals surface area (Å²) in [6.07, 6.45) is 4.19. The van der Waals surface area contributed by atoms with E-state index in [4.69, 9.17) is 4.42 Å². The first kappa shape index (κ1) is 15.0. The lowest BCUT2D eigenvalue weighted by atomic mass is 9.99. The molecule has 23 heavy (non-hydrogen) atoms. The molecule has 0 saturated carbocycles. The predicted molar refractivity (Wildman–Crippen MR) is 93.4 cm³/mol. The second-order valence-electron chi connectivity index (χ2n) is 7.01. The minimum absolute atomic E-state index is 0.785. The Morgan fingerprint density at radius 3 is 2.52 bits per heavy atom. The normalized spacial score (nSPS) is 20.6. The number of rotatable bonds is 4. The summed E-state index contributed by atoms with van der Waals surface area (Å²) in [5.74, 6) is 1.97. The maximum absolute atomic E-state index is 5.83. The van der Waals surface area contributed by atoms with Crippen LogP contribution in [0, 0.1) is 6.92 Å². The molecule has 1 aromatic heterocycles. The fraction of sp³-hybridized carbons (Fsp3) is 0.500. The largest absolute Gasteiger partial charge is 0.461 e. The summed E-state index contributed by atoms with van der Waals surface area (Å²) in [5.41, 5.74) is 2.61. The van der Waals surface area contributed by atoms with Crippen LogP contribution in [0.5, 0.6) is 0 Å². The molecule has 0 aliphatic carbocycles. The zero-order valence-electron chi connectivity index (χ0n) is 14.0. The van der Waals surface area contributed by atoms with Crippen LogP contribution in [0.4, 0.5) is 0 Å². The minimum atomic E-state index is 0.785. The average Bonchev–Trinajstić information content (AvgIpc) is 2.98. The quantitative estimate of drug-likeness (QED) is 0.853. The van der Waals surface area contributed by atoms with Gasteiger partial charge in [-0.15, -0.1) is 0 Å². The van der Waals surface area contributed by atoms with E-state index >= 15 is 0 Å². The zero-order chi connectivity index (χ0) is 15.6. The Morgan fingerprint density at radius 2 is 1.78 bits per heavy atom. The third-order valence-electron chi connectivity index (χ3n) is 5.26. The third-order valence-corrected chi connectivity index (χ3v) is 5.26. The number of benzene rings is 1. The summed E-state index contributed by atoms with van der Waals surface area (Å²) in [7, 11) is 0. The van der Waals surface area contributed by atoms with Gasteiger partial charge in [0.25, 0.3) is 0 Å². The molecule has 2 aliphatic rings. The molecule has 3 heterocycles. The molecule has 0 bridgehead atoms. The maximum atomic E-state index is 5.83. The van der Waals surface area contributed by atoms with Crippen LogP contribution in [0.15, 0.2) is 40.8 Å². The minimum Gasteiger partial charge on any atom is -0.461 e. The van der Waals surface area contributed by atoms with Crippen molar-refractivity contribution < 1.29 is 4.42 Å². The van der Waals surface area contributed by atoms with Gasteiger partial charge in [0.2, 0.25) is 0 Å². The number of aryl methyl sites for hydroxylation is 1. The molecule has 2 aromatic rings. The van der Waals surface area contributed by atoms with Crippen molar-refractivity contribution in [3.8, 4) is 11.3 Å². The van der Waals surface area contributed by atoms with Crippen LogP contribution >= 0.6 is 0 Å². The number of nitrogens with zero attached hydrogens (tertiary/aromatic N) is 2. The van der Waals surface area contributed by atoms with Crippen LogP contribution in [0.3, 0.4) is 0 Å². The fourth-order valence-corrected chi connectivity index (χ4v) is 3.90. The second-order valence-corrected chi connectivity index (χ2v) is 7.01. The van der Waals surface area contributed by atoms with Gasteiger partial charge in [-0.25, -0.2) is 0 Å². The highest BCUT2D eigenvalue weighted by Crippen LogP contribution is 2.28. The molecule has 122 valence electrons. The number of hydrogen-bond acceptors (Lipinski definition) is 3. The Kier molecular flexibility index (Phi) is 4.23. The first-order valence-electron chi connectivity index (χ1n) is 8.91. The molecule has 2 fully saturated rings. The highest BCUT2D eigenvalue weighted by Gasteiger charge is 2.32. The molecular weight excluding hydrogens is 284 g/mol. The van der Waals surface area contributed by atoms with Gasteiger partial charge in [0.05, 0.1) is 0 Å². The third kappa shape index (κ3) is 3.22. The van der Waals surface area contributed by atoms with Crippen molar-refractivity contribution in [2.45, 2.75) is 38.8 Å². The standard InChI is InChI=1S/C20H26N2O/c1-16-9-10-20(23-16)19-8-4-3-7-17(19)13-21-14-18(15-21)22-11-5-2-6-12-22/h3-4,7-10,18H,2,5-6,11-15H2,1H3.